The van der Waals surface area contributed by atoms with Gasteiger partial charge in [0.25, 0.3) is 0 Å². The lowest BCUT2D eigenvalue weighted by Crippen LogP contribution is -2.40. The van der Waals surface area contributed by atoms with Crippen LogP contribution in [0.4, 0.5) is 0 Å². The van der Waals surface area contributed by atoms with E-state index in [4.69, 9.17) is 0 Å². The Kier molecular flexibility index (Phi) is 3.08. The largest absolute Gasteiger partial charge is 0.391 e. The van der Waals surface area contributed by atoms with Crippen molar-refractivity contribution in [2.75, 3.05) is 20.1 Å². The lowest BCUT2D eigenvalue weighted by molar-refractivity contribution is 0.0638. The third-order valence-electron chi connectivity index (χ3n) is 3.26. The molecule has 0 aromatic heterocycles. The molecule has 1 heterocycles. The number of rotatable bonds is 1. The fraction of sp³-hybridized carbons (Fsp3) is 0.538. The molecule has 0 saturated carbocycles. The van der Waals surface area contributed by atoms with Gasteiger partial charge in [-0.25, -0.2) is 0 Å². The first-order chi connectivity index (χ1) is 7.16. The van der Waals surface area contributed by atoms with E-state index >= 15 is 0 Å². The molecule has 0 radical (unpaired) electrons. The molecule has 1 N–H and O–H groups in total. The van der Waals surface area contributed by atoms with E-state index < -0.39 is 0 Å². The Labute approximate surface area is 91.5 Å². The van der Waals surface area contributed by atoms with E-state index in [0.29, 0.717) is 5.92 Å². The van der Waals surface area contributed by atoms with Gasteiger partial charge in [0.05, 0.1) is 6.10 Å². The molecule has 2 heteroatoms. The summed E-state index contributed by atoms with van der Waals surface area (Å²) in [6.07, 6.45) is 0.840. The van der Waals surface area contributed by atoms with Gasteiger partial charge in [-0.1, -0.05) is 29.8 Å². The van der Waals surface area contributed by atoms with Gasteiger partial charge in [-0.05, 0) is 32.5 Å². The van der Waals surface area contributed by atoms with Crippen LogP contribution < -0.4 is 0 Å². The van der Waals surface area contributed by atoms with E-state index in [2.05, 4.69) is 43.1 Å². The van der Waals surface area contributed by atoms with Crippen molar-refractivity contribution in [3.05, 3.63) is 35.4 Å². The highest BCUT2D eigenvalue weighted by Crippen LogP contribution is 2.28. The number of benzene rings is 1. The van der Waals surface area contributed by atoms with E-state index in [0.717, 1.165) is 19.5 Å². The zero-order valence-electron chi connectivity index (χ0n) is 9.48. The van der Waals surface area contributed by atoms with Crippen LogP contribution in [0.5, 0.6) is 0 Å². The predicted octanol–water partition coefficient (Wildman–Crippen LogP) is 1.78. The molecule has 0 unspecified atom stereocenters. The van der Waals surface area contributed by atoms with Gasteiger partial charge in [-0.2, -0.15) is 0 Å². The number of aliphatic hydroxyl groups is 1. The van der Waals surface area contributed by atoms with Crippen LogP contribution in [0.25, 0.3) is 0 Å². The molecule has 0 spiro atoms. The SMILES string of the molecule is Cc1cccc([C@@H]2CCN(C)C[C@@H]2O)c1. The maximum Gasteiger partial charge on any atom is 0.0735 e. The molecular weight excluding hydrogens is 186 g/mol. The Morgan fingerprint density at radius 1 is 1.40 bits per heavy atom. The first-order valence-electron chi connectivity index (χ1n) is 5.60. The second kappa shape index (κ2) is 4.33. The Balaban J connectivity index is 2.17. The van der Waals surface area contributed by atoms with Gasteiger partial charge in [-0.3, -0.25) is 0 Å². The van der Waals surface area contributed by atoms with Crippen LogP contribution in [0.3, 0.4) is 0 Å². The zero-order valence-corrected chi connectivity index (χ0v) is 9.48. The summed E-state index contributed by atoms with van der Waals surface area (Å²) in [5.74, 6) is 0.320. The van der Waals surface area contributed by atoms with E-state index in [-0.39, 0.29) is 6.10 Å². The van der Waals surface area contributed by atoms with Crippen LogP contribution in [0.2, 0.25) is 0 Å². The molecule has 0 bridgehead atoms. The molecule has 1 aliphatic rings. The molecule has 1 fully saturated rings. The summed E-state index contributed by atoms with van der Waals surface area (Å²) >= 11 is 0. The highest BCUT2D eigenvalue weighted by Gasteiger charge is 2.26. The molecular formula is C13H19NO. The summed E-state index contributed by atoms with van der Waals surface area (Å²) in [6, 6.07) is 8.51. The van der Waals surface area contributed by atoms with Gasteiger partial charge in [0, 0.05) is 12.5 Å². The lowest BCUT2D eigenvalue weighted by Gasteiger charge is -2.34. The van der Waals surface area contributed by atoms with Crippen LogP contribution in [-0.4, -0.2) is 36.2 Å². The summed E-state index contributed by atoms with van der Waals surface area (Å²) in [5.41, 5.74) is 2.56. The number of likely N-dealkylation sites (N-methyl/N-ethyl adjacent to an activating group) is 1. The standard InChI is InChI=1S/C13H19NO/c1-10-4-3-5-11(8-10)12-6-7-14(2)9-13(12)15/h3-5,8,12-13,15H,6-7,9H2,1-2H3/t12-,13-/m0/s1. The van der Waals surface area contributed by atoms with Crippen LogP contribution in [0.15, 0.2) is 24.3 Å². The molecule has 0 amide bonds. The lowest BCUT2D eigenvalue weighted by atomic mass is 9.87. The second-order valence-corrected chi connectivity index (χ2v) is 4.64. The van der Waals surface area contributed by atoms with E-state index in [9.17, 15) is 5.11 Å². The first-order valence-corrected chi connectivity index (χ1v) is 5.60. The number of β-amino-alcohol motifs (C(OH)–C–C–N with tert-alkyl or cyclic N) is 1. The van der Waals surface area contributed by atoms with Gasteiger partial charge in [0.2, 0.25) is 0 Å². The maximum atomic E-state index is 10.0. The highest BCUT2D eigenvalue weighted by molar-refractivity contribution is 5.26. The molecule has 15 heavy (non-hydrogen) atoms. The summed E-state index contributed by atoms with van der Waals surface area (Å²) < 4.78 is 0. The van der Waals surface area contributed by atoms with Crippen molar-refractivity contribution >= 4 is 0 Å². The molecule has 2 nitrogen and oxygen atoms in total. The summed E-state index contributed by atoms with van der Waals surface area (Å²) in [7, 11) is 2.07. The van der Waals surface area contributed by atoms with Crippen LogP contribution in [0.1, 0.15) is 23.5 Å². The number of piperidine rings is 1. The minimum atomic E-state index is -0.217. The molecule has 0 aliphatic carbocycles. The Morgan fingerprint density at radius 3 is 2.87 bits per heavy atom. The maximum absolute atomic E-state index is 10.0. The smallest absolute Gasteiger partial charge is 0.0735 e. The molecule has 1 aromatic carbocycles. The third-order valence-corrected chi connectivity index (χ3v) is 3.26. The summed E-state index contributed by atoms with van der Waals surface area (Å²) in [5, 5.41) is 10.0. The minimum Gasteiger partial charge on any atom is -0.391 e. The Bertz CT molecular complexity index is 337. The van der Waals surface area contributed by atoms with Gasteiger partial charge < -0.3 is 10.0 Å². The number of aliphatic hydroxyl groups excluding tert-OH is 1. The van der Waals surface area contributed by atoms with Gasteiger partial charge >= 0.3 is 0 Å². The molecule has 82 valence electrons. The van der Waals surface area contributed by atoms with Crippen molar-refractivity contribution in [1.29, 1.82) is 0 Å². The number of hydrogen-bond donors (Lipinski definition) is 1. The monoisotopic (exact) mass is 205 g/mol. The highest BCUT2D eigenvalue weighted by atomic mass is 16.3. The van der Waals surface area contributed by atoms with Crippen molar-refractivity contribution in [3.8, 4) is 0 Å². The number of likely N-dealkylation sites (tertiary alicyclic amines) is 1. The third kappa shape index (κ3) is 2.39. The van der Waals surface area contributed by atoms with Crippen molar-refractivity contribution in [3.63, 3.8) is 0 Å². The average Bonchev–Trinajstić information content (AvgIpc) is 2.17. The number of nitrogens with zero attached hydrogens (tertiary/aromatic N) is 1. The average molecular weight is 205 g/mol. The van der Waals surface area contributed by atoms with Gasteiger partial charge in [0.1, 0.15) is 0 Å². The van der Waals surface area contributed by atoms with E-state index in [1.807, 2.05) is 0 Å². The second-order valence-electron chi connectivity index (χ2n) is 4.64. The summed E-state index contributed by atoms with van der Waals surface area (Å²) in [4.78, 5) is 2.19. The number of aryl methyl sites for hydroxylation is 1. The fourth-order valence-corrected chi connectivity index (χ4v) is 2.38. The fourth-order valence-electron chi connectivity index (χ4n) is 2.38. The summed E-state index contributed by atoms with van der Waals surface area (Å²) in [6.45, 7) is 3.97. The zero-order chi connectivity index (χ0) is 10.8. The quantitative estimate of drug-likeness (QED) is 0.755. The molecule has 1 aliphatic heterocycles. The predicted molar refractivity (Wildman–Crippen MR) is 62.0 cm³/mol. The minimum absolute atomic E-state index is 0.217. The van der Waals surface area contributed by atoms with Crippen molar-refractivity contribution in [1.82, 2.24) is 4.90 Å². The Morgan fingerprint density at radius 2 is 2.20 bits per heavy atom. The molecule has 2 rings (SSSR count). The van der Waals surface area contributed by atoms with E-state index in [1.165, 1.54) is 11.1 Å². The molecule has 2 atom stereocenters. The van der Waals surface area contributed by atoms with Crippen LogP contribution >= 0.6 is 0 Å². The van der Waals surface area contributed by atoms with Crippen molar-refractivity contribution in [2.45, 2.75) is 25.4 Å². The van der Waals surface area contributed by atoms with Crippen LogP contribution in [-0.2, 0) is 0 Å². The molecule has 1 saturated heterocycles. The van der Waals surface area contributed by atoms with Crippen molar-refractivity contribution < 1.29 is 5.11 Å². The Hall–Kier alpha value is -0.860. The first kappa shape index (κ1) is 10.7. The van der Waals surface area contributed by atoms with Crippen molar-refractivity contribution in [2.24, 2.45) is 0 Å². The molecule has 1 aromatic rings. The topological polar surface area (TPSA) is 23.5 Å². The van der Waals surface area contributed by atoms with Crippen LogP contribution in [0, 0.1) is 6.92 Å². The number of hydrogen-bond acceptors (Lipinski definition) is 2. The van der Waals surface area contributed by atoms with Gasteiger partial charge in [-0.15, -0.1) is 0 Å². The normalized spacial score (nSPS) is 27.9. The van der Waals surface area contributed by atoms with Gasteiger partial charge in [0.15, 0.2) is 0 Å². The van der Waals surface area contributed by atoms with E-state index in [1.54, 1.807) is 0 Å².